The lowest BCUT2D eigenvalue weighted by molar-refractivity contribution is -0.116. The largest absolute Gasteiger partial charge is 0.491 e. The summed E-state index contributed by atoms with van der Waals surface area (Å²) < 4.78 is 11.3. The van der Waals surface area contributed by atoms with E-state index in [-0.39, 0.29) is 12.0 Å². The molecule has 1 saturated carbocycles. The maximum atomic E-state index is 12.0. The Kier molecular flexibility index (Phi) is 4.76. The lowest BCUT2D eigenvalue weighted by Gasteiger charge is -2.13. The van der Waals surface area contributed by atoms with E-state index in [2.05, 4.69) is 5.32 Å². The summed E-state index contributed by atoms with van der Waals surface area (Å²) in [6.45, 7) is 1.59. The van der Waals surface area contributed by atoms with Crippen LogP contribution in [0.25, 0.3) is 0 Å². The fourth-order valence-corrected chi connectivity index (χ4v) is 2.56. The predicted molar refractivity (Wildman–Crippen MR) is 81.5 cm³/mol. The Bertz CT molecular complexity index is 479. The van der Waals surface area contributed by atoms with Crippen LogP contribution in [0.5, 0.6) is 5.75 Å². The number of amides is 1. The van der Waals surface area contributed by atoms with Crippen molar-refractivity contribution in [2.24, 2.45) is 5.92 Å². The molecule has 1 aromatic rings. The maximum absolute atomic E-state index is 12.0. The van der Waals surface area contributed by atoms with Crippen LogP contribution in [0.3, 0.4) is 0 Å². The van der Waals surface area contributed by atoms with Crippen molar-refractivity contribution in [1.82, 2.24) is 0 Å². The number of para-hydroxylation sites is 2. The van der Waals surface area contributed by atoms with Gasteiger partial charge in [-0.25, -0.2) is 0 Å². The first-order valence-electron chi connectivity index (χ1n) is 7.94. The van der Waals surface area contributed by atoms with E-state index in [9.17, 15) is 4.79 Å². The third-order valence-corrected chi connectivity index (χ3v) is 4.05. The quantitative estimate of drug-likeness (QED) is 0.837. The highest BCUT2D eigenvalue weighted by Crippen LogP contribution is 2.31. The maximum Gasteiger partial charge on any atom is 0.224 e. The summed E-state index contributed by atoms with van der Waals surface area (Å²) in [6, 6.07) is 7.66. The van der Waals surface area contributed by atoms with Gasteiger partial charge in [-0.3, -0.25) is 4.79 Å². The number of hydrogen-bond donors (Lipinski definition) is 1. The number of anilines is 1. The Balaban J connectivity index is 1.49. The molecule has 1 atom stereocenters. The zero-order valence-corrected chi connectivity index (χ0v) is 12.3. The summed E-state index contributed by atoms with van der Waals surface area (Å²) in [4.78, 5) is 12.0. The van der Waals surface area contributed by atoms with Gasteiger partial charge in [0.15, 0.2) is 0 Å². The Hall–Kier alpha value is -1.55. The molecule has 2 aliphatic rings. The minimum atomic E-state index is 0.0352. The molecule has 1 aliphatic heterocycles. The van der Waals surface area contributed by atoms with E-state index in [1.807, 2.05) is 24.3 Å². The van der Waals surface area contributed by atoms with Gasteiger partial charge in [0.1, 0.15) is 5.75 Å². The second-order valence-corrected chi connectivity index (χ2v) is 5.97. The Labute approximate surface area is 125 Å². The molecule has 114 valence electrons. The van der Waals surface area contributed by atoms with E-state index in [1.54, 1.807) is 0 Å². The normalized spacial score (nSPS) is 21.2. The van der Waals surface area contributed by atoms with Crippen LogP contribution in [-0.2, 0) is 9.53 Å². The summed E-state index contributed by atoms with van der Waals surface area (Å²) in [5, 5.41) is 2.96. The molecule has 1 heterocycles. The molecular weight excluding hydrogens is 266 g/mol. The van der Waals surface area contributed by atoms with E-state index < -0.39 is 0 Å². The van der Waals surface area contributed by atoms with Crippen LogP contribution in [0.2, 0.25) is 0 Å². The van der Waals surface area contributed by atoms with Crippen molar-refractivity contribution in [2.45, 2.75) is 44.6 Å². The molecule has 1 aliphatic carbocycles. The van der Waals surface area contributed by atoms with Crippen molar-refractivity contribution in [1.29, 1.82) is 0 Å². The van der Waals surface area contributed by atoms with Crippen LogP contribution >= 0.6 is 0 Å². The summed E-state index contributed by atoms with van der Waals surface area (Å²) in [5.74, 6) is 1.51. The lowest BCUT2D eigenvalue weighted by Crippen LogP contribution is -2.16. The SMILES string of the molecule is O=C(CC[C@@H]1CCCO1)Nc1ccccc1OCC1CC1. The third-order valence-electron chi connectivity index (χ3n) is 4.05. The molecule has 1 aromatic carbocycles. The molecule has 0 radical (unpaired) electrons. The van der Waals surface area contributed by atoms with Crippen LogP contribution in [0.1, 0.15) is 38.5 Å². The smallest absolute Gasteiger partial charge is 0.224 e. The first-order chi connectivity index (χ1) is 10.3. The van der Waals surface area contributed by atoms with Gasteiger partial charge in [0.2, 0.25) is 5.91 Å². The fourth-order valence-electron chi connectivity index (χ4n) is 2.56. The summed E-state index contributed by atoms with van der Waals surface area (Å²) in [7, 11) is 0. The molecule has 0 spiro atoms. The molecule has 1 N–H and O–H groups in total. The Morgan fingerprint density at radius 3 is 2.90 bits per heavy atom. The molecule has 3 rings (SSSR count). The average molecular weight is 289 g/mol. The van der Waals surface area contributed by atoms with Gasteiger partial charge in [0.05, 0.1) is 18.4 Å². The highest BCUT2D eigenvalue weighted by Gasteiger charge is 2.22. The van der Waals surface area contributed by atoms with E-state index >= 15 is 0 Å². The zero-order chi connectivity index (χ0) is 14.5. The number of rotatable bonds is 7. The molecule has 2 fully saturated rings. The summed E-state index contributed by atoms with van der Waals surface area (Å²) in [5.41, 5.74) is 0.774. The minimum Gasteiger partial charge on any atom is -0.491 e. The highest BCUT2D eigenvalue weighted by molar-refractivity contribution is 5.92. The summed E-state index contributed by atoms with van der Waals surface area (Å²) in [6.07, 6.45) is 6.28. The first-order valence-corrected chi connectivity index (χ1v) is 7.94. The van der Waals surface area contributed by atoms with Gasteiger partial charge < -0.3 is 14.8 Å². The van der Waals surface area contributed by atoms with Gasteiger partial charge in [-0.15, -0.1) is 0 Å². The van der Waals surface area contributed by atoms with Crippen molar-refractivity contribution in [3.05, 3.63) is 24.3 Å². The van der Waals surface area contributed by atoms with E-state index in [4.69, 9.17) is 9.47 Å². The van der Waals surface area contributed by atoms with Gasteiger partial charge in [-0.2, -0.15) is 0 Å². The van der Waals surface area contributed by atoms with Gasteiger partial charge in [-0.05, 0) is 50.2 Å². The molecule has 0 bridgehead atoms. The van der Waals surface area contributed by atoms with Crippen LogP contribution < -0.4 is 10.1 Å². The van der Waals surface area contributed by atoms with E-state index in [0.29, 0.717) is 12.3 Å². The molecule has 4 heteroatoms. The molecule has 21 heavy (non-hydrogen) atoms. The number of ether oxygens (including phenoxy) is 2. The number of carbonyl (C=O) groups is 1. The van der Waals surface area contributed by atoms with Crippen molar-refractivity contribution in [3.8, 4) is 5.75 Å². The predicted octanol–water partition coefficient (Wildman–Crippen LogP) is 3.37. The second kappa shape index (κ2) is 6.94. The fraction of sp³-hybridized carbons (Fsp3) is 0.588. The Morgan fingerprint density at radius 1 is 1.29 bits per heavy atom. The highest BCUT2D eigenvalue weighted by atomic mass is 16.5. The zero-order valence-electron chi connectivity index (χ0n) is 12.3. The number of hydrogen-bond acceptors (Lipinski definition) is 3. The molecule has 1 amide bonds. The second-order valence-electron chi connectivity index (χ2n) is 5.97. The van der Waals surface area contributed by atoms with Gasteiger partial charge in [0, 0.05) is 13.0 Å². The van der Waals surface area contributed by atoms with Crippen molar-refractivity contribution >= 4 is 11.6 Å². The van der Waals surface area contributed by atoms with Crippen LogP contribution in [0, 0.1) is 5.92 Å². The van der Waals surface area contributed by atoms with Gasteiger partial charge in [0.25, 0.3) is 0 Å². The number of carbonyl (C=O) groups excluding carboxylic acids is 1. The van der Waals surface area contributed by atoms with Crippen molar-refractivity contribution in [2.75, 3.05) is 18.5 Å². The summed E-state index contributed by atoms with van der Waals surface area (Å²) >= 11 is 0. The van der Waals surface area contributed by atoms with Gasteiger partial charge >= 0.3 is 0 Å². The average Bonchev–Trinajstić information content (AvgIpc) is 3.18. The lowest BCUT2D eigenvalue weighted by atomic mass is 10.1. The van der Waals surface area contributed by atoms with E-state index in [1.165, 1.54) is 12.8 Å². The monoisotopic (exact) mass is 289 g/mol. The van der Waals surface area contributed by atoms with Crippen molar-refractivity contribution < 1.29 is 14.3 Å². The molecule has 0 aromatic heterocycles. The van der Waals surface area contributed by atoms with E-state index in [0.717, 1.165) is 43.9 Å². The van der Waals surface area contributed by atoms with Crippen LogP contribution in [-0.4, -0.2) is 25.2 Å². The topological polar surface area (TPSA) is 47.6 Å². The third kappa shape index (κ3) is 4.46. The Morgan fingerprint density at radius 2 is 2.14 bits per heavy atom. The minimum absolute atomic E-state index is 0.0352. The van der Waals surface area contributed by atoms with Crippen LogP contribution in [0.4, 0.5) is 5.69 Å². The first kappa shape index (κ1) is 14.4. The van der Waals surface area contributed by atoms with Gasteiger partial charge in [-0.1, -0.05) is 12.1 Å². The van der Waals surface area contributed by atoms with Crippen LogP contribution in [0.15, 0.2) is 24.3 Å². The molecule has 0 unspecified atom stereocenters. The molecular formula is C17H23NO3. The standard InChI is InChI=1S/C17H23NO3/c19-17(10-9-14-4-3-11-20-14)18-15-5-1-2-6-16(15)21-12-13-7-8-13/h1-2,5-6,13-14H,3-4,7-12H2,(H,18,19)/t14-/m0/s1. The van der Waals surface area contributed by atoms with Crippen molar-refractivity contribution in [3.63, 3.8) is 0 Å². The number of nitrogens with one attached hydrogen (secondary N) is 1. The molecule has 1 saturated heterocycles. The molecule has 4 nitrogen and oxygen atoms in total. The number of benzene rings is 1.